The molecule has 0 unspecified atom stereocenters. The number of aryl methyl sites for hydroxylation is 2. The number of piperidine rings is 1. The Bertz CT molecular complexity index is 605. The van der Waals surface area contributed by atoms with Crippen molar-refractivity contribution in [3.05, 3.63) is 16.3 Å². The van der Waals surface area contributed by atoms with Gasteiger partial charge in [0.05, 0.1) is 0 Å². The van der Waals surface area contributed by atoms with Crippen LogP contribution in [0.5, 0.6) is 0 Å². The van der Waals surface area contributed by atoms with Crippen LogP contribution in [0.4, 0.5) is 0 Å². The van der Waals surface area contributed by atoms with Gasteiger partial charge in [-0.15, -0.1) is 0 Å². The normalized spacial score (nSPS) is 20.3. The molecular formula is C17H28N4O2. The van der Waals surface area contributed by atoms with Crippen molar-refractivity contribution in [3.63, 3.8) is 0 Å². The van der Waals surface area contributed by atoms with E-state index in [0.29, 0.717) is 12.3 Å². The Hall–Kier alpha value is -1.59. The average molecular weight is 320 g/mol. The van der Waals surface area contributed by atoms with Gasteiger partial charge in [0, 0.05) is 32.6 Å². The number of nitrogens with zero attached hydrogens (tertiary/aromatic N) is 4. The summed E-state index contributed by atoms with van der Waals surface area (Å²) in [6.45, 7) is 3.39. The van der Waals surface area contributed by atoms with Crippen LogP contribution in [-0.2, 0) is 11.8 Å². The van der Waals surface area contributed by atoms with Gasteiger partial charge in [-0.3, -0.25) is 9.36 Å². The Labute approximate surface area is 137 Å². The van der Waals surface area contributed by atoms with Crippen molar-refractivity contribution in [3.8, 4) is 0 Å². The number of carbonyl (C=O) groups excluding carboxylic acids is 1. The minimum Gasteiger partial charge on any atom is -0.343 e. The number of amides is 1. The molecular weight excluding hydrogens is 292 g/mol. The first-order valence-corrected chi connectivity index (χ1v) is 8.96. The van der Waals surface area contributed by atoms with Crippen LogP contribution in [0.2, 0.25) is 0 Å². The molecule has 0 N–H and O–H groups in total. The van der Waals surface area contributed by atoms with Crippen LogP contribution in [0.25, 0.3) is 0 Å². The average Bonchev–Trinajstić information content (AvgIpc) is 3.14. The monoisotopic (exact) mass is 320 g/mol. The van der Waals surface area contributed by atoms with Gasteiger partial charge in [-0.1, -0.05) is 25.7 Å². The smallest absolute Gasteiger partial charge is 0.343 e. The molecule has 1 aliphatic carbocycles. The molecule has 128 valence electrons. The summed E-state index contributed by atoms with van der Waals surface area (Å²) in [5, 5.41) is 4.20. The van der Waals surface area contributed by atoms with E-state index in [1.807, 2.05) is 11.8 Å². The van der Waals surface area contributed by atoms with Gasteiger partial charge in [0.15, 0.2) is 0 Å². The van der Waals surface area contributed by atoms with E-state index < -0.39 is 0 Å². The zero-order valence-corrected chi connectivity index (χ0v) is 14.3. The van der Waals surface area contributed by atoms with Crippen LogP contribution in [0.15, 0.2) is 4.79 Å². The van der Waals surface area contributed by atoms with Crippen LogP contribution >= 0.6 is 0 Å². The van der Waals surface area contributed by atoms with Gasteiger partial charge in [-0.25, -0.2) is 9.48 Å². The largest absolute Gasteiger partial charge is 0.345 e. The van der Waals surface area contributed by atoms with E-state index in [2.05, 4.69) is 5.10 Å². The van der Waals surface area contributed by atoms with Gasteiger partial charge in [-0.2, -0.15) is 5.10 Å². The first kappa shape index (κ1) is 16.3. The van der Waals surface area contributed by atoms with Gasteiger partial charge in [0.25, 0.3) is 0 Å². The van der Waals surface area contributed by atoms with Crippen molar-refractivity contribution in [2.75, 3.05) is 13.1 Å². The molecule has 2 heterocycles. The van der Waals surface area contributed by atoms with Crippen LogP contribution < -0.4 is 5.69 Å². The van der Waals surface area contributed by atoms with Gasteiger partial charge in [-0.05, 0) is 32.1 Å². The quantitative estimate of drug-likeness (QED) is 0.853. The van der Waals surface area contributed by atoms with Crippen LogP contribution in [0, 0.1) is 12.8 Å². The lowest BCUT2D eigenvalue weighted by Gasteiger charge is -2.32. The minimum absolute atomic E-state index is 0.0477. The highest BCUT2D eigenvalue weighted by atomic mass is 16.2. The van der Waals surface area contributed by atoms with E-state index >= 15 is 0 Å². The molecule has 0 spiro atoms. The molecule has 2 aliphatic rings. The van der Waals surface area contributed by atoms with E-state index in [0.717, 1.165) is 44.1 Å². The van der Waals surface area contributed by atoms with E-state index in [9.17, 15) is 9.59 Å². The highest BCUT2D eigenvalue weighted by molar-refractivity contribution is 5.76. The van der Waals surface area contributed by atoms with E-state index in [1.54, 1.807) is 11.6 Å². The number of rotatable bonds is 4. The molecule has 6 nitrogen and oxygen atoms in total. The molecule has 0 radical (unpaired) electrons. The molecule has 1 amide bonds. The van der Waals surface area contributed by atoms with Crippen molar-refractivity contribution in [1.82, 2.24) is 19.2 Å². The fourth-order valence-electron chi connectivity index (χ4n) is 4.18. The Balaban J connectivity index is 1.51. The lowest BCUT2D eigenvalue weighted by Crippen LogP contribution is -2.41. The molecule has 1 saturated carbocycles. The molecule has 0 aromatic carbocycles. The third-order valence-corrected chi connectivity index (χ3v) is 5.55. The first-order valence-electron chi connectivity index (χ1n) is 8.96. The molecule has 3 rings (SSSR count). The molecule has 2 fully saturated rings. The van der Waals surface area contributed by atoms with Crippen LogP contribution in [-0.4, -0.2) is 38.2 Å². The summed E-state index contributed by atoms with van der Waals surface area (Å²) >= 11 is 0. The number of carbonyl (C=O) groups is 1. The Morgan fingerprint density at radius 1 is 1.17 bits per heavy atom. The maximum atomic E-state index is 12.4. The summed E-state index contributed by atoms with van der Waals surface area (Å²) < 4.78 is 3.19. The summed E-state index contributed by atoms with van der Waals surface area (Å²) in [5.41, 5.74) is -0.0477. The number of aromatic nitrogens is 3. The second-order valence-electron chi connectivity index (χ2n) is 7.12. The standard InChI is InChI=1S/C17H28N4O2/c1-13-18-19(2)17(23)21(13)15-9-11-20(12-10-15)16(22)8-7-14-5-3-4-6-14/h14-15H,3-12H2,1-2H3. The lowest BCUT2D eigenvalue weighted by molar-refractivity contribution is -0.132. The second-order valence-corrected chi connectivity index (χ2v) is 7.12. The van der Waals surface area contributed by atoms with Gasteiger partial charge in [0.2, 0.25) is 5.91 Å². The van der Waals surface area contributed by atoms with Crippen molar-refractivity contribution in [2.45, 2.75) is 64.3 Å². The van der Waals surface area contributed by atoms with Gasteiger partial charge in [0.1, 0.15) is 5.82 Å². The van der Waals surface area contributed by atoms with E-state index in [1.165, 1.54) is 30.4 Å². The second kappa shape index (κ2) is 6.89. The predicted molar refractivity (Wildman–Crippen MR) is 88.2 cm³/mol. The van der Waals surface area contributed by atoms with Crippen molar-refractivity contribution in [2.24, 2.45) is 13.0 Å². The number of hydrogen-bond donors (Lipinski definition) is 0. The van der Waals surface area contributed by atoms with Crippen LogP contribution in [0.1, 0.15) is 63.2 Å². The topological polar surface area (TPSA) is 60.1 Å². The van der Waals surface area contributed by atoms with E-state index in [4.69, 9.17) is 0 Å². The number of hydrogen-bond acceptors (Lipinski definition) is 3. The Morgan fingerprint density at radius 2 is 1.83 bits per heavy atom. The Morgan fingerprint density at radius 3 is 2.39 bits per heavy atom. The lowest BCUT2D eigenvalue weighted by atomic mass is 10.00. The molecule has 0 bridgehead atoms. The van der Waals surface area contributed by atoms with Gasteiger partial charge >= 0.3 is 5.69 Å². The third-order valence-electron chi connectivity index (χ3n) is 5.55. The summed E-state index contributed by atoms with van der Waals surface area (Å²) in [6.07, 6.45) is 8.73. The molecule has 6 heteroatoms. The number of likely N-dealkylation sites (tertiary alicyclic amines) is 1. The van der Waals surface area contributed by atoms with Crippen molar-refractivity contribution >= 4 is 5.91 Å². The van der Waals surface area contributed by atoms with Crippen molar-refractivity contribution in [1.29, 1.82) is 0 Å². The predicted octanol–water partition coefficient (Wildman–Crippen LogP) is 2.02. The maximum Gasteiger partial charge on any atom is 0.345 e. The zero-order chi connectivity index (χ0) is 16.4. The fraction of sp³-hybridized carbons (Fsp3) is 0.824. The molecule has 0 atom stereocenters. The zero-order valence-electron chi connectivity index (χ0n) is 14.3. The molecule has 1 saturated heterocycles. The molecule has 1 aromatic heterocycles. The highest BCUT2D eigenvalue weighted by Gasteiger charge is 2.27. The summed E-state index contributed by atoms with van der Waals surface area (Å²) in [6, 6.07) is 0.176. The summed E-state index contributed by atoms with van der Waals surface area (Å²) in [4.78, 5) is 26.5. The highest BCUT2D eigenvalue weighted by Crippen LogP contribution is 2.29. The van der Waals surface area contributed by atoms with Crippen LogP contribution in [0.3, 0.4) is 0 Å². The van der Waals surface area contributed by atoms with E-state index in [-0.39, 0.29) is 11.7 Å². The Kier molecular flexibility index (Phi) is 4.87. The minimum atomic E-state index is -0.0477. The first-order chi connectivity index (χ1) is 11.1. The SMILES string of the molecule is Cc1nn(C)c(=O)n1C1CCN(C(=O)CCC2CCCC2)CC1. The summed E-state index contributed by atoms with van der Waals surface area (Å²) in [7, 11) is 1.69. The molecule has 1 aliphatic heterocycles. The van der Waals surface area contributed by atoms with Crippen molar-refractivity contribution < 1.29 is 4.79 Å². The molecule has 23 heavy (non-hydrogen) atoms. The van der Waals surface area contributed by atoms with Gasteiger partial charge < -0.3 is 4.90 Å². The summed E-state index contributed by atoms with van der Waals surface area (Å²) in [5.74, 6) is 1.84. The maximum absolute atomic E-state index is 12.4. The fourth-order valence-corrected chi connectivity index (χ4v) is 4.18. The molecule has 1 aromatic rings. The third kappa shape index (κ3) is 3.51.